The molecule has 0 radical (unpaired) electrons. The number of aromatic nitrogens is 2. The van der Waals surface area contributed by atoms with Crippen LogP contribution in [0.1, 0.15) is 39.5 Å². The second-order valence-electron chi connectivity index (χ2n) is 7.41. The molecule has 2 heterocycles. The number of carbonyl (C=O) groups excluding carboxylic acids is 2. The smallest absolute Gasteiger partial charge is 0.307 e. The molecule has 1 aromatic carbocycles. The van der Waals surface area contributed by atoms with Crippen LogP contribution in [-0.2, 0) is 20.9 Å². The molecule has 29 heavy (non-hydrogen) atoms. The van der Waals surface area contributed by atoms with E-state index in [9.17, 15) is 14.4 Å². The summed E-state index contributed by atoms with van der Waals surface area (Å²) in [4.78, 5) is 44.0. The van der Waals surface area contributed by atoms with E-state index >= 15 is 0 Å². The number of carbonyl (C=O) groups is 2. The lowest BCUT2D eigenvalue weighted by molar-refractivity contribution is -0.141. The summed E-state index contributed by atoms with van der Waals surface area (Å²) < 4.78 is 6.17. The van der Waals surface area contributed by atoms with Crippen LogP contribution in [0.2, 0.25) is 0 Å². The number of fused-ring (bicyclic) bond motifs is 1. The monoisotopic (exact) mass is 417 g/mol. The van der Waals surface area contributed by atoms with Crippen LogP contribution in [0.25, 0.3) is 10.9 Å². The van der Waals surface area contributed by atoms with Gasteiger partial charge in [-0.1, -0.05) is 23.9 Å². The van der Waals surface area contributed by atoms with Gasteiger partial charge in [0.1, 0.15) is 0 Å². The molecular weight excluding hydrogens is 390 g/mol. The van der Waals surface area contributed by atoms with Gasteiger partial charge in [0.15, 0.2) is 5.16 Å². The zero-order valence-electron chi connectivity index (χ0n) is 17.1. The summed E-state index contributed by atoms with van der Waals surface area (Å²) in [5.74, 6) is -0.137. The van der Waals surface area contributed by atoms with E-state index in [1.807, 2.05) is 11.0 Å². The van der Waals surface area contributed by atoms with Crippen LogP contribution >= 0.6 is 11.8 Å². The van der Waals surface area contributed by atoms with E-state index < -0.39 is 5.97 Å². The number of amides is 1. The van der Waals surface area contributed by atoms with Crippen molar-refractivity contribution in [1.29, 1.82) is 0 Å². The molecule has 8 heteroatoms. The third kappa shape index (κ3) is 4.80. The maximum absolute atomic E-state index is 13.0. The minimum Gasteiger partial charge on any atom is -0.469 e. The Kier molecular flexibility index (Phi) is 6.95. The first kappa shape index (κ1) is 21.4. The van der Waals surface area contributed by atoms with Gasteiger partial charge in [-0.25, -0.2) is 4.98 Å². The standard InChI is InChI=1S/C21H27N3O4S/c1-14-7-6-8-15(2)24(14)18(25)13-29-21-22-17-10-5-4-9-16(17)20(27)23(21)12-11-19(26)28-3/h4-5,9-10,14-15H,6-8,11-13H2,1-3H3/t14-,15-/m0/s1. The third-order valence-corrected chi connectivity index (χ3v) is 6.36. The summed E-state index contributed by atoms with van der Waals surface area (Å²) in [6, 6.07) is 7.55. The normalized spacial score (nSPS) is 19.3. The molecule has 3 rings (SSSR count). The van der Waals surface area contributed by atoms with Crippen LogP contribution in [0.15, 0.2) is 34.2 Å². The Bertz CT molecular complexity index is 949. The highest BCUT2D eigenvalue weighted by molar-refractivity contribution is 7.99. The van der Waals surface area contributed by atoms with Crippen molar-refractivity contribution in [2.24, 2.45) is 0 Å². The minimum absolute atomic E-state index is 0.0524. The number of thioether (sulfide) groups is 1. The maximum Gasteiger partial charge on any atom is 0.307 e. The van der Waals surface area contributed by atoms with Crippen molar-refractivity contribution in [1.82, 2.24) is 14.5 Å². The van der Waals surface area contributed by atoms with Crippen molar-refractivity contribution in [2.75, 3.05) is 12.9 Å². The molecule has 2 atom stereocenters. The highest BCUT2D eigenvalue weighted by Gasteiger charge is 2.29. The van der Waals surface area contributed by atoms with Crippen molar-refractivity contribution in [3.63, 3.8) is 0 Å². The predicted molar refractivity (Wildman–Crippen MR) is 113 cm³/mol. The predicted octanol–water partition coefficient (Wildman–Crippen LogP) is 2.84. The van der Waals surface area contributed by atoms with Crippen LogP contribution < -0.4 is 5.56 Å². The molecule has 1 amide bonds. The summed E-state index contributed by atoms with van der Waals surface area (Å²) in [6.45, 7) is 4.33. The first-order chi connectivity index (χ1) is 13.9. The van der Waals surface area contributed by atoms with Crippen molar-refractivity contribution in [2.45, 2.75) is 63.3 Å². The number of piperidine rings is 1. The topological polar surface area (TPSA) is 81.5 Å². The fourth-order valence-corrected chi connectivity index (χ4v) is 4.77. The van der Waals surface area contributed by atoms with Crippen molar-refractivity contribution in [3.8, 4) is 0 Å². The number of esters is 1. The van der Waals surface area contributed by atoms with E-state index in [4.69, 9.17) is 4.74 Å². The van der Waals surface area contributed by atoms with E-state index in [0.29, 0.717) is 16.1 Å². The second-order valence-corrected chi connectivity index (χ2v) is 8.36. The van der Waals surface area contributed by atoms with Gasteiger partial charge in [0.25, 0.3) is 5.56 Å². The molecule has 0 spiro atoms. The van der Waals surface area contributed by atoms with E-state index in [-0.39, 0.29) is 42.3 Å². The van der Waals surface area contributed by atoms with E-state index in [2.05, 4.69) is 18.8 Å². The lowest BCUT2D eigenvalue weighted by Gasteiger charge is -2.39. The van der Waals surface area contributed by atoms with E-state index in [0.717, 1.165) is 19.3 Å². The molecule has 0 saturated carbocycles. The molecule has 0 N–H and O–H groups in total. The van der Waals surface area contributed by atoms with Gasteiger partial charge in [-0.05, 0) is 45.2 Å². The Hall–Kier alpha value is -2.35. The molecule has 7 nitrogen and oxygen atoms in total. The third-order valence-electron chi connectivity index (χ3n) is 5.40. The number of para-hydroxylation sites is 1. The summed E-state index contributed by atoms with van der Waals surface area (Å²) in [7, 11) is 1.32. The van der Waals surface area contributed by atoms with Gasteiger partial charge < -0.3 is 9.64 Å². The van der Waals surface area contributed by atoms with Gasteiger partial charge in [-0.15, -0.1) is 0 Å². The van der Waals surface area contributed by atoms with Gasteiger partial charge in [-0.3, -0.25) is 19.0 Å². The van der Waals surface area contributed by atoms with Crippen LogP contribution in [0.5, 0.6) is 0 Å². The molecule has 1 aromatic heterocycles. The molecule has 1 fully saturated rings. The summed E-state index contributed by atoms with van der Waals surface area (Å²) in [5, 5.41) is 0.939. The Morgan fingerprint density at radius 3 is 2.59 bits per heavy atom. The largest absolute Gasteiger partial charge is 0.469 e. The van der Waals surface area contributed by atoms with E-state index in [1.54, 1.807) is 18.2 Å². The average Bonchev–Trinajstić information content (AvgIpc) is 2.71. The molecule has 1 aliphatic rings. The van der Waals surface area contributed by atoms with E-state index in [1.165, 1.54) is 23.4 Å². The number of hydrogen-bond acceptors (Lipinski definition) is 6. The zero-order valence-corrected chi connectivity index (χ0v) is 17.9. The molecule has 1 saturated heterocycles. The van der Waals surface area contributed by atoms with Gasteiger partial charge >= 0.3 is 5.97 Å². The number of nitrogens with zero attached hydrogens (tertiary/aromatic N) is 3. The number of rotatable bonds is 6. The van der Waals surface area contributed by atoms with Crippen LogP contribution in [-0.4, -0.2) is 51.3 Å². The zero-order chi connectivity index (χ0) is 21.0. The number of ether oxygens (including phenoxy) is 1. The highest BCUT2D eigenvalue weighted by atomic mass is 32.2. The fourth-order valence-electron chi connectivity index (χ4n) is 3.87. The quantitative estimate of drug-likeness (QED) is 0.408. The molecule has 156 valence electrons. The molecule has 0 aliphatic carbocycles. The molecular formula is C21H27N3O4S. The Morgan fingerprint density at radius 2 is 1.90 bits per heavy atom. The van der Waals surface area contributed by atoms with Crippen molar-refractivity contribution < 1.29 is 14.3 Å². The Morgan fingerprint density at radius 1 is 1.21 bits per heavy atom. The molecule has 0 bridgehead atoms. The minimum atomic E-state index is -0.395. The van der Waals surface area contributed by atoms with Gasteiger partial charge in [0, 0.05) is 18.6 Å². The van der Waals surface area contributed by atoms with Crippen LogP contribution in [0, 0.1) is 0 Å². The Balaban J connectivity index is 1.85. The lowest BCUT2D eigenvalue weighted by Crippen LogP contribution is -2.48. The first-order valence-corrected chi connectivity index (χ1v) is 10.9. The first-order valence-electron chi connectivity index (χ1n) is 9.92. The molecule has 2 aromatic rings. The number of likely N-dealkylation sites (tertiary alicyclic amines) is 1. The van der Waals surface area contributed by atoms with Gasteiger partial charge in [0.2, 0.25) is 5.91 Å². The maximum atomic E-state index is 13.0. The van der Waals surface area contributed by atoms with Crippen molar-refractivity contribution in [3.05, 3.63) is 34.6 Å². The Labute approximate surface area is 174 Å². The molecule has 0 unspecified atom stereocenters. The number of methoxy groups -OCH3 is 1. The van der Waals surface area contributed by atoms with Gasteiger partial charge in [0.05, 0.1) is 30.2 Å². The summed E-state index contributed by atoms with van der Waals surface area (Å²) >= 11 is 1.25. The summed E-state index contributed by atoms with van der Waals surface area (Å²) in [5.41, 5.74) is 0.371. The van der Waals surface area contributed by atoms with Crippen LogP contribution in [0.3, 0.4) is 0 Å². The average molecular weight is 418 g/mol. The molecule has 1 aliphatic heterocycles. The number of hydrogen-bond donors (Lipinski definition) is 0. The summed E-state index contributed by atoms with van der Waals surface area (Å²) in [6.07, 6.45) is 3.23. The van der Waals surface area contributed by atoms with Crippen molar-refractivity contribution >= 4 is 34.5 Å². The SMILES string of the molecule is COC(=O)CCn1c(SCC(=O)N2[C@@H](C)CCC[C@@H]2C)nc2ccccc2c1=O. The fraction of sp³-hybridized carbons (Fsp3) is 0.524. The highest BCUT2D eigenvalue weighted by Crippen LogP contribution is 2.25. The van der Waals surface area contributed by atoms with Gasteiger partial charge in [-0.2, -0.15) is 0 Å². The second kappa shape index (κ2) is 9.43. The number of benzene rings is 1. The van der Waals surface area contributed by atoms with Crippen LogP contribution in [0.4, 0.5) is 0 Å². The lowest BCUT2D eigenvalue weighted by atomic mass is 9.98.